The maximum absolute atomic E-state index is 0. The zero-order chi connectivity index (χ0) is 0. The van der Waals surface area contributed by atoms with Gasteiger partial charge in [0.1, 0.15) is 0 Å². The molecule has 0 amide bonds. The van der Waals surface area contributed by atoms with Crippen molar-refractivity contribution < 1.29 is 87.7 Å². The van der Waals surface area contributed by atoms with E-state index in [4.69, 9.17) is 0 Å². The summed E-state index contributed by atoms with van der Waals surface area (Å²) in [5, 5.41) is 0. The molecule has 0 heterocycles. The van der Waals surface area contributed by atoms with E-state index in [1.54, 1.807) is 0 Å². The fourth-order valence-corrected chi connectivity index (χ4v) is 0. The third-order valence-corrected chi connectivity index (χ3v) is 0. The van der Waals surface area contributed by atoms with Gasteiger partial charge in [-0.05, 0) is 0 Å². The molecule has 0 aliphatic carbocycles. The fraction of sp³-hybridized carbons (Fsp3) is 0. The van der Waals surface area contributed by atoms with E-state index in [2.05, 4.69) is 0 Å². The van der Waals surface area contributed by atoms with Gasteiger partial charge >= 0.3 is 65.8 Å². The number of rotatable bonds is 0. The molecule has 7 heteroatoms. The van der Waals surface area contributed by atoms with E-state index in [0.717, 1.165) is 0 Å². The topological polar surface area (TPSA) is 114 Å². The van der Waals surface area contributed by atoms with Crippen LogP contribution in [-0.2, 0) is 87.7 Å². The van der Waals surface area contributed by atoms with Crippen LogP contribution in [0.2, 0.25) is 0 Å². The van der Waals surface area contributed by atoms with Crippen LogP contribution in [0.3, 0.4) is 0 Å². The molecule has 0 bridgehead atoms. The van der Waals surface area contributed by atoms with Crippen molar-refractivity contribution >= 4 is 0 Å². The molecule has 0 aromatic carbocycles. The summed E-state index contributed by atoms with van der Waals surface area (Å²) in [6, 6.07) is 0. The summed E-state index contributed by atoms with van der Waals surface area (Å²) in [6.07, 6.45) is 0. The van der Waals surface area contributed by atoms with E-state index >= 15 is 0 Å². The molecule has 52 valence electrons. The van der Waals surface area contributed by atoms with Crippen LogP contribution in [0.1, 0.15) is 0 Å². The monoisotopic (exact) mass is 376 g/mol. The summed E-state index contributed by atoms with van der Waals surface area (Å²) >= 11 is 0. The third kappa shape index (κ3) is 71.7. The first-order valence-corrected chi connectivity index (χ1v) is 0. The van der Waals surface area contributed by atoms with Gasteiger partial charge in [-0.2, -0.15) is 0 Å². The summed E-state index contributed by atoms with van der Waals surface area (Å²) in [7, 11) is 0. The molecule has 0 atom stereocenters. The average molecular weight is 376 g/mol. The van der Waals surface area contributed by atoms with Crippen molar-refractivity contribution in [2.75, 3.05) is 0 Å². The molecule has 0 aromatic heterocycles. The Morgan fingerprint density at radius 3 is 0.429 bits per heavy atom. The van der Waals surface area contributed by atoms with Gasteiger partial charge in [-0.3, -0.25) is 0 Å². The summed E-state index contributed by atoms with van der Waals surface area (Å²) in [5.41, 5.74) is 0. The smallest absolute Gasteiger partial charge is 2.00 e. The molecule has 4 nitrogen and oxygen atoms in total. The zero-order valence-electron chi connectivity index (χ0n) is 2.64. The van der Waals surface area contributed by atoms with Crippen LogP contribution in [0.4, 0.5) is 0 Å². The Kier molecular flexibility index (Phi) is 1990. The quantitative estimate of drug-likeness (QED) is 0.509. The maximum Gasteiger partial charge on any atom is 6.00 e. The van der Waals surface area contributed by atoms with Crippen molar-refractivity contribution in [2.24, 2.45) is 0 Å². The van der Waals surface area contributed by atoms with Gasteiger partial charge in [0.15, 0.2) is 0 Å². The molecule has 0 spiro atoms. The van der Waals surface area contributed by atoms with Gasteiger partial charge in [-0.15, -0.1) is 0 Å². The molecule has 0 saturated heterocycles. The van der Waals surface area contributed by atoms with Gasteiger partial charge in [-0.1, -0.05) is 0 Å². The largest absolute Gasteiger partial charge is 6.00 e. The third-order valence-electron chi connectivity index (χ3n) is 0. The van der Waals surface area contributed by atoms with Crippen LogP contribution < -0.4 is 0 Å². The first kappa shape index (κ1) is 143. The fourth-order valence-electron chi connectivity index (χ4n) is 0. The van der Waals surface area contributed by atoms with Crippen LogP contribution in [0.5, 0.6) is 0 Å². The molecule has 0 unspecified atom stereocenters. The van der Waals surface area contributed by atoms with Crippen molar-refractivity contribution in [1.29, 1.82) is 0 Å². The van der Waals surface area contributed by atoms with Gasteiger partial charge in [0.2, 0.25) is 0 Å². The standard InChI is InChI=1S/2Ag.Mo.4O/q2*+1;+6;4*-2. The maximum atomic E-state index is 0. The van der Waals surface area contributed by atoms with Crippen molar-refractivity contribution in [3.8, 4) is 0 Å². The molecule has 0 rings (SSSR count). The van der Waals surface area contributed by atoms with Crippen LogP contribution in [0, 0.1) is 0 Å². The Morgan fingerprint density at radius 1 is 0.429 bits per heavy atom. The first-order chi connectivity index (χ1) is 0. The second kappa shape index (κ2) is 97.5. The molecule has 7 heavy (non-hydrogen) atoms. The average Bonchev–Trinajstić information content (AvgIpc) is 0. The van der Waals surface area contributed by atoms with Gasteiger partial charge in [0.05, 0.1) is 0 Å². The molecule has 0 aliphatic rings. The van der Waals surface area contributed by atoms with Gasteiger partial charge in [0, 0.05) is 0 Å². The summed E-state index contributed by atoms with van der Waals surface area (Å²) in [5.74, 6) is 0. The molecule has 0 aliphatic heterocycles. The number of hydrogen-bond acceptors (Lipinski definition) is 0. The second-order valence-electron chi connectivity index (χ2n) is 0. The van der Waals surface area contributed by atoms with Gasteiger partial charge < -0.3 is 21.9 Å². The molecule has 0 aromatic rings. The van der Waals surface area contributed by atoms with E-state index in [0.29, 0.717) is 0 Å². The molecular formula is Ag2MoO4. The van der Waals surface area contributed by atoms with Crippen molar-refractivity contribution in [2.45, 2.75) is 0 Å². The molecule has 0 saturated carbocycles. The summed E-state index contributed by atoms with van der Waals surface area (Å²) < 4.78 is 0. The minimum absolute atomic E-state index is 0. The Hall–Kier alpha value is 2.01. The Bertz CT molecular complexity index is 9.65. The van der Waals surface area contributed by atoms with Crippen molar-refractivity contribution in [1.82, 2.24) is 0 Å². The van der Waals surface area contributed by atoms with E-state index < -0.39 is 0 Å². The SMILES string of the molecule is [Ag+].[Ag+].[Mo+6].[O-2].[O-2].[O-2].[O-2]. The zero-order valence-corrected chi connectivity index (χ0v) is 7.62. The molecule has 0 N–H and O–H groups in total. The van der Waals surface area contributed by atoms with E-state index in [1.807, 2.05) is 0 Å². The van der Waals surface area contributed by atoms with Crippen LogP contribution in [-0.4, -0.2) is 0 Å². The Balaban J connectivity index is 0. The minimum atomic E-state index is 0. The minimum Gasteiger partial charge on any atom is -2.00 e. The van der Waals surface area contributed by atoms with Gasteiger partial charge in [-0.25, -0.2) is 0 Å². The predicted octanol–water partition coefficient (Wildman–Crippen LogP) is -0.483. The van der Waals surface area contributed by atoms with Crippen molar-refractivity contribution in [3.05, 3.63) is 0 Å². The van der Waals surface area contributed by atoms with E-state index in [-0.39, 0.29) is 87.7 Å². The van der Waals surface area contributed by atoms with E-state index in [9.17, 15) is 0 Å². The van der Waals surface area contributed by atoms with Crippen LogP contribution >= 0.6 is 0 Å². The Morgan fingerprint density at radius 2 is 0.429 bits per heavy atom. The van der Waals surface area contributed by atoms with Crippen LogP contribution in [0.15, 0.2) is 0 Å². The normalized spacial score (nSPS) is 0. The number of hydrogen-bond donors (Lipinski definition) is 0. The molecule has 0 radical (unpaired) electrons. The summed E-state index contributed by atoms with van der Waals surface area (Å²) in [6.45, 7) is 0. The van der Waals surface area contributed by atoms with Crippen LogP contribution in [0.25, 0.3) is 0 Å². The Labute approximate surface area is 86.9 Å². The predicted molar refractivity (Wildman–Crippen MR) is 2.75 cm³/mol. The molecular weight excluding hydrogens is 376 g/mol. The summed E-state index contributed by atoms with van der Waals surface area (Å²) in [4.78, 5) is 0. The van der Waals surface area contributed by atoms with Gasteiger partial charge in [0.25, 0.3) is 0 Å². The molecule has 0 fully saturated rings. The first-order valence-electron chi connectivity index (χ1n) is 0. The van der Waals surface area contributed by atoms with Crippen molar-refractivity contribution in [3.63, 3.8) is 0 Å². The second-order valence-corrected chi connectivity index (χ2v) is 0. The van der Waals surface area contributed by atoms with E-state index in [1.165, 1.54) is 0 Å².